The summed E-state index contributed by atoms with van der Waals surface area (Å²) in [5.74, 6) is -0.886. The van der Waals surface area contributed by atoms with Crippen LogP contribution in [0.2, 0.25) is 0 Å². The minimum atomic E-state index is -0.886. The van der Waals surface area contributed by atoms with Crippen molar-refractivity contribution < 1.29 is 24.1 Å². The van der Waals surface area contributed by atoms with Gasteiger partial charge in [-0.3, -0.25) is 0 Å². The topological polar surface area (TPSA) is 65.0 Å². The molecule has 0 radical (unpaired) electrons. The molecule has 1 fully saturated rings. The molecule has 1 aromatic rings. The predicted octanol–water partition coefficient (Wildman–Crippen LogP) is 2.93. The van der Waals surface area contributed by atoms with Gasteiger partial charge in [0, 0.05) is 13.0 Å². The van der Waals surface area contributed by atoms with Gasteiger partial charge in [0.25, 0.3) is 0 Å². The molecule has 1 unspecified atom stereocenters. The van der Waals surface area contributed by atoms with Crippen LogP contribution in [0, 0.1) is 0 Å². The zero-order valence-corrected chi connectivity index (χ0v) is 12.6. The minimum Gasteiger partial charge on any atom is -0.478 e. The zero-order valence-electron chi connectivity index (χ0n) is 12.6. The summed E-state index contributed by atoms with van der Waals surface area (Å²) >= 11 is 0. The summed E-state index contributed by atoms with van der Waals surface area (Å²) in [5.41, 5.74) is 2.50. The van der Waals surface area contributed by atoms with Crippen LogP contribution in [0.15, 0.2) is 18.2 Å². The molecule has 5 nitrogen and oxygen atoms in total. The van der Waals surface area contributed by atoms with E-state index in [0.29, 0.717) is 18.8 Å². The number of hydrogen-bond donors (Lipinski definition) is 1. The van der Waals surface area contributed by atoms with E-state index in [4.69, 9.17) is 19.3 Å². The van der Waals surface area contributed by atoms with Crippen molar-refractivity contribution in [3.8, 4) is 0 Å². The van der Waals surface area contributed by atoms with E-state index < -0.39 is 5.97 Å². The van der Waals surface area contributed by atoms with E-state index in [1.807, 2.05) is 6.07 Å². The third-order valence-electron chi connectivity index (χ3n) is 4.25. The summed E-state index contributed by atoms with van der Waals surface area (Å²) in [7, 11) is 0. The van der Waals surface area contributed by atoms with Crippen LogP contribution >= 0.6 is 0 Å². The second-order valence-electron chi connectivity index (χ2n) is 5.78. The van der Waals surface area contributed by atoms with Crippen LogP contribution in [0.1, 0.15) is 53.3 Å². The number of aromatic carboxylic acids is 1. The highest BCUT2D eigenvalue weighted by Crippen LogP contribution is 2.30. The molecule has 2 atom stereocenters. The Kier molecular flexibility index (Phi) is 5.08. The van der Waals surface area contributed by atoms with Gasteiger partial charge in [0.2, 0.25) is 0 Å². The molecular formula is C17H22O5. The van der Waals surface area contributed by atoms with Gasteiger partial charge in [-0.25, -0.2) is 4.79 Å². The van der Waals surface area contributed by atoms with Crippen molar-refractivity contribution >= 4 is 5.97 Å². The molecule has 0 saturated carbocycles. The van der Waals surface area contributed by atoms with Crippen LogP contribution in [0.25, 0.3) is 0 Å². The largest absolute Gasteiger partial charge is 0.478 e. The fourth-order valence-electron chi connectivity index (χ4n) is 3.06. The van der Waals surface area contributed by atoms with E-state index in [9.17, 15) is 4.79 Å². The molecule has 3 rings (SSSR count). The van der Waals surface area contributed by atoms with Gasteiger partial charge in [-0.2, -0.15) is 0 Å². The average Bonchev–Trinajstić information content (AvgIpc) is 2.55. The SMILES string of the molecule is O=C(O)c1ccc2c(c1)CCO[C@H]2CCOC1CCCCO1. The van der Waals surface area contributed by atoms with Crippen LogP contribution in [0.4, 0.5) is 0 Å². The minimum absolute atomic E-state index is 0.0183. The Hall–Kier alpha value is -1.43. The van der Waals surface area contributed by atoms with E-state index in [1.54, 1.807) is 12.1 Å². The number of fused-ring (bicyclic) bond motifs is 1. The highest BCUT2D eigenvalue weighted by molar-refractivity contribution is 5.87. The van der Waals surface area contributed by atoms with Gasteiger partial charge in [-0.15, -0.1) is 0 Å². The van der Waals surface area contributed by atoms with E-state index in [0.717, 1.165) is 49.8 Å². The lowest BCUT2D eigenvalue weighted by Crippen LogP contribution is -2.24. The number of benzene rings is 1. The Labute approximate surface area is 130 Å². The first-order valence-electron chi connectivity index (χ1n) is 7.95. The molecule has 0 aliphatic carbocycles. The quantitative estimate of drug-likeness (QED) is 0.906. The van der Waals surface area contributed by atoms with Crippen molar-refractivity contribution in [3.05, 3.63) is 34.9 Å². The normalized spacial score (nSPS) is 24.7. The molecule has 2 aliphatic rings. The zero-order chi connectivity index (χ0) is 15.4. The third-order valence-corrected chi connectivity index (χ3v) is 4.25. The molecule has 0 spiro atoms. The van der Waals surface area contributed by atoms with E-state index >= 15 is 0 Å². The van der Waals surface area contributed by atoms with Crippen LogP contribution < -0.4 is 0 Å². The van der Waals surface area contributed by atoms with Crippen molar-refractivity contribution in [2.75, 3.05) is 19.8 Å². The molecule has 1 N–H and O–H groups in total. The fourth-order valence-corrected chi connectivity index (χ4v) is 3.06. The van der Waals surface area contributed by atoms with Gasteiger partial charge in [-0.05, 0) is 48.9 Å². The summed E-state index contributed by atoms with van der Waals surface area (Å²) in [4.78, 5) is 11.1. The number of hydrogen-bond acceptors (Lipinski definition) is 4. The molecular weight excluding hydrogens is 284 g/mol. The maximum absolute atomic E-state index is 11.1. The number of ether oxygens (including phenoxy) is 3. The highest BCUT2D eigenvalue weighted by atomic mass is 16.7. The first-order valence-corrected chi connectivity index (χ1v) is 7.95. The van der Waals surface area contributed by atoms with Crippen LogP contribution in [0.3, 0.4) is 0 Å². The summed E-state index contributed by atoms with van der Waals surface area (Å²) in [6, 6.07) is 5.28. The molecule has 1 aromatic carbocycles. The molecule has 0 aromatic heterocycles. The van der Waals surface area contributed by atoms with Gasteiger partial charge in [-0.1, -0.05) is 6.07 Å². The lowest BCUT2D eigenvalue weighted by atomic mass is 9.94. The first-order chi connectivity index (χ1) is 10.7. The van der Waals surface area contributed by atoms with Crippen molar-refractivity contribution in [1.29, 1.82) is 0 Å². The Morgan fingerprint density at radius 2 is 2.18 bits per heavy atom. The van der Waals surface area contributed by atoms with Crippen molar-refractivity contribution in [2.45, 2.75) is 44.5 Å². The van der Waals surface area contributed by atoms with Gasteiger partial charge < -0.3 is 19.3 Å². The Balaban J connectivity index is 1.58. The summed E-state index contributed by atoms with van der Waals surface area (Å²) in [5, 5.41) is 9.07. The Morgan fingerprint density at radius 3 is 2.95 bits per heavy atom. The standard InChI is InChI=1S/C17H22O5/c18-17(19)13-4-5-14-12(11-13)6-9-20-15(14)7-10-22-16-3-1-2-8-21-16/h4-5,11,15-16H,1-3,6-10H2,(H,18,19)/t15-,16?/m0/s1. The predicted molar refractivity (Wildman–Crippen MR) is 80.0 cm³/mol. The Bertz CT molecular complexity index is 522. The lowest BCUT2D eigenvalue weighted by Gasteiger charge is -2.28. The molecule has 22 heavy (non-hydrogen) atoms. The third kappa shape index (κ3) is 3.66. The molecule has 5 heteroatoms. The average molecular weight is 306 g/mol. The van der Waals surface area contributed by atoms with Gasteiger partial charge >= 0.3 is 5.97 Å². The molecule has 0 amide bonds. The fraction of sp³-hybridized carbons (Fsp3) is 0.588. The first kappa shape index (κ1) is 15.5. The van der Waals surface area contributed by atoms with Crippen molar-refractivity contribution in [2.24, 2.45) is 0 Å². The lowest BCUT2D eigenvalue weighted by molar-refractivity contribution is -0.167. The van der Waals surface area contributed by atoms with Crippen LogP contribution in [0.5, 0.6) is 0 Å². The number of carboxylic acids is 1. The summed E-state index contributed by atoms with van der Waals surface area (Å²) in [6.07, 6.45) is 4.67. The molecule has 2 heterocycles. The molecule has 1 saturated heterocycles. The molecule has 120 valence electrons. The summed E-state index contributed by atoms with van der Waals surface area (Å²) < 4.78 is 17.1. The summed E-state index contributed by atoms with van der Waals surface area (Å²) in [6.45, 7) is 2.00. The monoisotopic (exact) mass is 306 g/mol. The van der Waals surface area contributed by atoms with E-state index in [2.05, 4.69) is 0 Å². The van der Waals surface area contributed by atoms with Crippen LogP contribution in [-0.4, -0.2) is 37.2 Å². The second kappa shape index (κ2) is 7.22. The van der Waals surface area contributed by atoms with Gasteiger partial charge in [0.1, 0.15) is 0 Å². The molecule has 0 bridgehead atoms. The number of carbonyl (C=O) groups is 1. The van der Waals surface area contributed by atoms with Gasteiger partial charge in [0.15, 0.2) is 6.29 Å². The Morgan fingerprint density at radius 1 is 1.27 bits per heavy atom. The van der Waals surface area contributed by atoms with Gasteiger partial charge in [0.05, 0.1) is 24.9 Å². The smallest absolute Gasteiger partial charge is 0.335 e. The van der Waals surface area contributed by atoms with Crippen molar-refractivity contribution in [3.63, 3.8) is 0 Å². The highest BCUT2D eigenvalue weighted by Gasteiger charge is 2.23. The maximum Gasteiger partial charge on any atom is 0.335 e. The number of carboxylic acid groups (broad SMARTS) is 1. The number of rotatable bonds is 5. The van der Waals surface area contributed by atoms with E-state index in [-0.39, 0.29) is 12.4 Å². The second-order valence-corrected chi connectivity index (χ2v) is 5.78. The van der Waals surface area contributed by atoms with Crippen molar-refractivity contribution in [1.82, 2.24) is 0 Å². The van der Waals surface area contributed by atoms with E-state index in [1.165, 1.54) is 0 Å². The maximum atomic E-state index is 11.1. The van der Waals surface area contributed by atoms with Crippen LogP contribution in [-0.2, 0) is 20.6 Å². The molecule has 2 aliphatic heterocycles.